The first-order valence-corrected chi connectivity index (χ1v) is 8.17. The summed E-state index contributed by atoms with van der Waals surface area (Å²) in [7, 11) is 0. The Bertz CT molecular complexity index is 328. The molecule has 1 saturated heterocycles. The van der Waals surface area contributed by atoms with Gasteiger partial charge in [-0.15, -0.1) is 0 Å². The summed E-state index contributed by atoms with van der Waals surface area (Å²) in [4.78, 5) is 13.8. The maximum Gasteiger partial charge on any atom is 0.307 e. The molecule has 20 heavy (non-hydrogen) atoms. The van der Waals surface area contributed by atoms with Crippen molar-refractivity contribution in [1.29, 1.82) is 0 Å². The molecule has 0 aromatic rings. The van der Waals surface area contributed by atoms with Gasteiger partial charge in [-0.25, -0.2) is 0 Å². The minimum Gasteiger partial charge on any atom is -0.481 e. The summed E-state index contributed by atoms with van der Waals surface area (Å²) in [6.45, 7) is 9.38. The van der Waals surface area contributed by atoms with Gasteiger partial charge in [0.05, 0.1) is 5.92 Å². The number of nitrogens with zero attached hydrogens (tertiary/aromatic N) is 1. The van der Waals surface area contributed by atoms with Gasteiger partial charge in [0.15, 0.2) is 0 Å². The summed E-state index contributed by atoms with van der Waals surface area (Å²) < 4.78 is 0. The second-order valence-electron chi connectivity index (χ2n) is 7.16. The molecule has 2 N–H and O–H groups in total. The van der Waals surface area contributed by atoms with Crippen molar-refractivity contribution in [3.05, 3.63) is 0 Å². The lowest BCUT2D eigenvalue weighted by molar-refractivity contribution is -0.144. The topological polar surface area (TPSA) is 52.6 Å². The van der Waals surface area contributed by atoms with Crippen LogP contribution in [0.2, 0.25) is 0 Å². The Morgan fingerprint density at radius 2 is 2.00 bits per heavy atom. The van der Waals surface area contributed by atoms with E-state index in [2.05, 4.69) is 31.0 Å². The quantitative estimate of drug-likeness (QED) is 0.784. The molecule has 1 saturated carbocycles. The van der Waals surface area contributed by atoms with E-state index in [0.717, 1.165) is 32.0 Å². The number of carbonyl (C=O) groups is 1. The summed E-state index contributed by atoms with van der Waals surface area (Å²) in [5.41, 5.74) is 0. The monoisotopic (exact) mass is 282 g/mol. The molecule has 0 aromatic carbocycles. The van der Waals surface area contributed by atoms with Crippen LogP contribution in [0.3, 0.4) is 0 Å². The van der Waals surface area contributed by atoms with E-state index in [1.807, 2.05) is 0 Å². The van der Waals surface area contributed by atoms with E-state index in [1.54, 1.807) is 0 Å². The zero-order valence-corrected chi connectivity index (χ0v) is 13.1. The van der Waals surface area contributed by atoms with E-state index < -0.39 is 5.97 Å². The second-order valence-corrected chi connectivity index (χ2v) is 7.16. The van der Waals surface area contributed by atoms with E-state index >= 15 is 0 Å². The maximum atomic E-state index is 11.4. The van der Waals surface area contributed by atoms with Gasteiger partial charge in [-0.3, -0.25) is 9.69 Å². The predicted molar refractivity (Wildman–Crippen MR) is 80.7 cm³/mol. The molecule has 2 aliphatic rings. The van der Waals surface area contributed by atoms with Crippen LogP contribution in [0.5, 0.6) is 0 Å². The van der Waals surface area contributed by atoms with Crippen LogP contribution in [0.4, 0.5) is 0 Å². The van der Waals surface area contributed by atoms with Gasteiger partial charge < -0.3 is 10.4 Å². The van der Waals surface area contributed by atoms with Crippen molar-refractivity contribution in [1.82, 2.24) is 10.2 Å². The van der Waals surface area contributed by atoms with Crippen LogP contribution >= 0.6 is 0 Å². The van der Waals surface area contributed by atoms with Gasteiger partial charge in [0.1, 0.15) is 0 Å². The van der Waals surface area contributed by atoms with Crippen molar-refractivity contribution in [3.63, 3.8) is 0 Å². The summed E-state index contributed by atoms with van der Waals surface area (Å²) in [6, 6.07) is 0.865. The third-order valence-electron chi connectivity index (χ3n) is 5.05. The standard InChI is InChI=1S/C16H30N2O2/c1-11(2)8-17-15-7-14(16(19)20)9-18(10-15)12(3)13-5-4-6-13/h11-15,17H,4-10H2,1-3H3,(H,19,20). The van der Waals surface area contributed by atoms with Crippen molar-refractivity contribution in [2.45, 2.75) is 58.5 Å². The lowest BCUT2D eigenvalue weighted by atomic mass is 9.78. The molecule has 0 spiro atoms. The average molecular weight is 282 g/mol. The van der Waals surface area contributed by atoms with E-state index in [1.165, 1.54) is 19.3 Å². The molecule has 3 unspecified atom stereocenters. The Morgan fingerprint density at radius 1 is 1.30 bits per heavy atom. The molecule has 0 amide bonds. The fourth-order valence-electron chi connectivity index (χ4n) is 3.42. The van der Waals surface area contributed by atoms with Gasteiger partial charge in [-0.05, 0) is 44.6 Å². The number of carboxylic acids is 1. The van der Waals surface area contributed by atoms with Crippen LogP contribution in [0.15, 0.2) is 0 Å². The Hall–Kier alpha value is -0.610. The van der Waals surface area contributed by atoms with E-state index in [0.29, 0.717) is 18.0 Å². The van der Waals surface area contributed by atoms with Crippen LogP contribution in [0.1, 0.15) is 46.5 Å². The van der Waals surface area contributed by atoms with Crippen molar-refractivity contribution in [2.24, 2.45) is 17.8 Å². The lowest BCUT2D eigenvalue weighted by Gasteiger charge is -2.45. The molecule has 0 aromatic heterocycles. The molecular formula is C16H30N2O2. The van der Waals surface area contributed by atoms with Gasteiger partial charge in [0.25, 0.3) is 0 Å². The Kier molecular flexibility index (Phi) is 5.44. The minimum absolute atomic E-state index is 0.212. The lowest BCUT2D eigenvalue weighted by Crippen LogP contribution is -2.55. The molecule has 2 rings (SSSR count). The van der Waals surface area contributed by atoms with Gasteiger partial charge >= 0.3 is 5.97 Å². The molecule has 4 nitrogen and oxygen atoms in total. The Labute approximate surface area is 122 Å². The van der Waals surface area contributed by atoms with Crippen molar-refractivity contribution in [2.75, 3.05) is 19.6 Å². The largest absolute Gasteiger partial charge is 0.481 e. The summed E-state index contributed by atoms with van der Waals surface area (Å²) >= 11 is 0. The zero-order valence-electron chi connectivity index (χ0n) is 13.1. The Balaban J connectivity index is 1.94. The smallest absolute Gasteiger partial charge is 0.307 e. The molecular weight excluding hydrogens is 252 g/mol. The van der Waals surface area contributed by atoms with Gasteiger partial charge in [0.2, 0.25) is 0 Å². The molecule has 0 bridgehead atoms. The summed E-state index contributed by atoms with van der Waals surface area (Å²) in [5.74, 6) is 0.550. The molecule has 3 atom stereocenters. The fourth-order valence-corrected chi connectivity index (χ4v) is 3.42. The number of piperidine rings is 1. The Morgan fingerprint density at radius 3 is 2.50 bits per heavy atom. The molecule has 1 heterocycles. The average Bonchev–Trinajstić information content (AvgIpc) is 2.33. The number of rotatable bonds is 6. The number of hydrogen-bond acceptors (Lipinski definition) is 3. The molecule has 1 aliphatic carbocycles. The van der Waals surface area contributed by atoms with E-state index in [-0.39, 0.29) is 5.92 Å². The minimum atomic E-state index is -0.633. The van der Waals surface area contributed by atoms with Crippen LogP contribution in [0.25, 0.3) is 0 Å². The SMILES string of the molecule is CC(C)CNC1CC(C(=O)O)CN(C(C)C2CCC2)C1. The van der Waals surface area contributed by atoms with Crippen molar-refractivity contribution >= 4 is 5.97 Å². The molecule has 0 radical (unpaired) electrons. The number of carboxylic acid groups (broad SMARTS) is 1. The number of hydrogen-bond donors (Lipinski definition) is 2. The van der Waals surface area contributed by atoms with E-state index in [4.69, 9.17) is 0 Å². The summed E-state index contributed by atoms with van der Waals surface area (Å²) in [6.07, 6.45) is 4.76. The third kappa shape index (κ3) is 3.95. The van der Waals surface area contributed by atoms with Gasteiger partial charge in [-0.2, -0.15) is 0 Å². The highest BCUT2D eigenvalue weighted by atomic mass is 16.4. The highest BCUT2D eigenvalue weighted by Crippen LogP contribution is 2.33. The first-order chi connectivity index (χ1) is 9.47. The van der Waals surface area contributed by atoms with Gasteiger partial charge in [0, 0.05) is 25.2 Å². The number of nitrogens with one attached hydrogen (secondary N) is 1. The zero-order chi connectivity index (χ0) is 14.7. The maximum absolute atomic E-state index is 11.4. The van der Waals surface area contributed by atoms with Gasteiger partial charge in [-0.1, -0.05) is 20.3 Å². The number of likely N-dealkylation sites (tertiary alicyclic amines) is 1. The summed E-state index contributed by atoms with van der Waals surface area (Å²) in [5, 5.41) is 12.9. The number of aliphatic carboxylic acids is 1. The first-order valence-electron chi connectivity index (χ1n) is 8.17. The molecule has 116 valence electrons. The van der Waals surface area contributed by atoms with Crippen LogP contribution in [0, 0.1) is 17.8 Å². The molecule has 4 heteroatoms. The van der Waals surface area contributed by atoms with Crippen LogP contribution in [-0.2, 0) is 4.79 Å². The molecule has 2 fully saturated rings. The first kappa shape index (κ1) is 15.8. The normalized spacial score (nSPS) is 30.2. The third-order valence-corrected chi connectivity index (χ3v) is 5.05. The van der Waals surface area contributed by atoms with Crippen molar-refractivity contribution in [3.8, 4) is 0 Å². The highest BCUT2D eigenvalue weighted by molar-refractivity contribution is 5.70. The van der Waals surface area contributed by atoms with Crippen molar-refractivity contribution < 1.29 is 9.90 Å². The second kappa shape index (κ2) is 6.90. The molecule has 1 aliphatic heterocycles. The fraction of sp³-hybridized carbons (Fsp3) is 0.938. The van der Waals surface area contributed by atoms with Crippen LogP contribution in [-0.4, -0.2) is 47.7 Å². The van der Waals surface area contributed by atoms with Crippen LogP contribution < -0.4 is 5.32 Å². The van der Waals surface area contributed by atoms with E-state index in [9.17, 15) is 9.90 Å². The predicted octanol–water partition coefficient (Wildman–Crippen LogP) is 2.20. The highest BCUT2D eigenvalue weighted by Gasteiger charge is 2.36.